The second-order valence-electron chi connectivity index (χ2n) is 8.02. The molecule has 4 atom stereocenters. The molecule has 2 bridgehead atoms. The highest BCUT2D eigenvalue weighted by molar-refractivity contribution is 6.00. The molecule has 4 rings (SSSR count). The first-order valence-electron chi connectivity index (χ1n) is 9.05. The molecule has 1 heterocycles. The summed E-state index contributed by atoms with van der Waals surface area (Å²) in [5.74, 6) is -0.519. The molecule has 128 valence electrons. The topological polar surface area (TPSA) is 122 Å². The molecule has 2 spiro atoms. The number of hydrogen-bond acceptors (Lipinski definition) is 6. The van der Waals surface area contributed by atoms with Crippen LogP contribution in [0.2, 0.25) is 0 Å². The largest absolute Gasteiger partial charge is 0.470 e. The number of nitrogens with one attached hydrogen (secondary N) is 1. The number of hydrogen-bond donors (Lipinski definition) is 1. The van der Waals surface area contributed by atoms with Crippen molar-refractivity contribution in [2.24, 2.45) is 22.2 Å². The zero-order valence-corrected chi connectivity index (χ0v) is 14.1. The van der Waals surface area contributed by atoms with Gasteiger partial charge in [0.05, 0.1) is 23.6 Å². The molecule has 0 radical (unpaired) electrons. The number of Topliss-reactive ketones (excluding diaryl/α,β-unsaturated/α-hetero) is 1. The molecule has 1 saturated heterocycles. The van der Waals surface area contributed by atoms with Crippen LogP contribution in [0.5, 0.6) is 0 Å². The Bertz CT molecular complexity index is 786. The van der Waals surface area contributed by atoms with E-state index in [0.29, 0.717) is 25.7 Å². The lowest BCUT2D eigenvalue weighted by Crippen LogP contribution is -2.68. The minimum Gasteiger partial charge on any atom is -0.470 e. The van der Waals surface area contributed by atoms with Crippen LogP contribution in [0, 0.1) is 61.6 Å². The van der Waals surface area contributed by atoms with Crippen molar-refractivity contribution in [1.29, 1.82) is 21.2 Å². The Hall–Kier alpha value is -2.39. The lowest BCUT2D eigenvalue weighted by molar-refractivity contribution is -0.163. The van der Waals surface area contributed by atoms with E-state index in [9.17, 15) is 20.6 Å². The van der Waals surface area contributed by atoms with Gasteiger partial charge >= 0.3 is 0 Å². The maximum Gasteiger partial charge on any atom is 0.211 e. The Labute approximate surface area is 146 Å². The van der Waals surface area contributed by atoms with E-state index in [1.807, 2.05) is 0 Å². The maximum absolute atomic E-state index is 13.1. The molecule has 0 aromatic carbocycles. The Morgan fingerprint density at radius 2 is 1.76 bits per heavy atom. The van der Waals surface area contributed by atoms with Crippen LogP contribution in [-0.2, 0) is 9.53 Å². The smallest absolute Gasteiger partial charge is 0.211 e. The summed E-state index contributed by atoms with van der Waals surface area (Å²) in [6.45, 7) is 0. The van der Waals surface area contributed by atoms with Gasteiger partial charge in [-0.05, 0) is 38.5 Å². The van der Waals surface area contributed by atoms with E-state index in [1.54, 1.807) is 0 Å². The summed E-state index contributed by atoms with van der Waals surface area (Å²) in [4.78, 5) is 13.1. The maximum atomic E-state index is 13.1. The first kappa shape index (κ1) is 16.1. The SMILES string of the molecule is N#CC1(C#N)[C@]2(C#N)C(=N)O[C@@]13CCCC[C@H]3C[C@]21CCCCC1=O. The third-order valence-electron chi connectivity index (χ3n) is 7.44. The highest BCUT2D eigenvalue weighted by Gasteiger charge is 2.87. The van der Waals surface area contributed by atoms with Crippen LogP contribution in [0.25, 0.3) is 0 Å². The summed E-state index contributed by atoms with van der Waals surface area (Å²) in [6, 6.07) is 6.42. The van der Waals surface area contributed by atoms with Crippen LogP contribution in [0.15, 0.2) is 0 Å². The van der Waals surface area contributed by atoms with Crippen LogP contribution in [0.4, 0.5) is 0 Å². The Balaban J connectivity index is 2.08. The second-order valence-corrected chi connectivity index (χ2v) is 8.02. The zero-order valence-electron chi connectivity index (χ0n) is 14.1. The molecule has 4 aliphatic rings. The van der Waals surface area contributed by atoms with Gasteiger partial charge in [0.2, 0.25) is 11.3 Å². The average Bonchev–Trinajstić information content (AvgIpc) is 2.78. The normalized spacial score (nSPS) is 44.1. The summed E-state index contributed by atoms with van der Waals surface area (Å²) in [5.41, 5.74) is -5.83. The van der Waals surface area contributed by atoms with Crippen molar-refractivity contribution in [3.63, 3.8) is 0 Å². The first-order chi connectivity index (χ1) is 12.0. The van der Waals surface area contributed by atoms with Crippen LogP contribution in [0.3, 0.4) is 0 Å². The van der Waals surface area contributed by atoms with Crippen molar-refractivity contribution in [2.45, 2.75) is 63.4 Å². The van der Waals surface area contributed by atoms with E-state index >= 15 is 0 Å². The molecule has 25 heavy (non-hydrogen) atoms. The fourth-order valence-electron chi connectivity index (χ4n) is 6.41. The molecule has 3 saturated carbocycles. The van der Waals surface area contributed by atoms with E-state index < -0.39 is 21.8 Å². The number of carbonyl (C=O) groups excluding carboxylic acids is 1. The number of nitrogens with zero attached hydrogens (tertiary/aromatic N) is 3. The number of ether oxygens (including phenoxy) is 1. The first-order valence-corrected chi connectivity index (χ1v) is 9.05. The number of fused-ring (bicyclic) bond motifs is 2. The van der Waals surface area contributed by atoms with Crippen LogP contribution in [-0.4, -0.2) is 17.3 Å². The lowest BCUT2D eigenvalue weighted by atomic mass is 9.37. The number of nitriles is 3. The standard InChI is InChI=1S/C19H20N4O2/c20-10-17(11-21)18(12-22)15(23)25-19(17)8-4-1-5-13(19)9-16(18)7-3-2-6-14(16)24/h13,23H,1-9H2/t13-,16-,18+,19+/m0/s1. The fourth-order valence-corrected chi connectivity index (χ4v) is 6.41. The van der Waals surface area contributed by atoms with E-state index in [0.717, 1.165) is 32.1 Å². The van der Waals surface area contributed by atoms with Gasteiger partial charge in [-0.3, -0.25) is 10.2 Å². The highest BCUT2D eigenvalue weighted by atomic mass is 16.5. The van der Waals surface area contributed by atoms with Crippen molar-refractivity contribution in [2.75, 3.05) is 0 Å². The summed E-state index contributed by atoms with van der Waals surface area (Å²) >= 11 is 0. The molecule has 0 amide bonds. The predicted molar refractivity (Wildman–Crippen MR) is 85.7 cm³/mol. The second kappa shape index (κ2) is 4.83. The molecule has 1 N–H and O–H groups in total. The van der Waals surface area contributed by atoms with Crippen LogP contribution < -0.4 is 0 Å². The van der Waals surface area contributed by atoms with Crippen molar-refractivity contribution in [3.8, 4) is 18.2 Å². The molecular weight excluding hydrogens is 316 g/mol. The Morgan fingerprint density at radius 1 is 1.04 bits per heavy atom. The number of carbonyl (C=O) groups is 1. The highest BCUT2D eigenvalue weighted by Crippen LogP contribution is 2.75. The van der Waals surface area contributed by atoms with Crippen LogP contribution >= 0.6 is 0 Å². The molecule has 0 aromatic heterocycles. The fraction of sp³-hybridized carbons (Fsp3) is 0.737. The minimum absolute atomic E-state index is 0.0652. The summed E-state index contributed by atoms with van der Waals surface area (Å²) < 4.78 is 6.01. The molecule has 0 aromatic rings. The number of ketones is 1. The quantitative estimate of drug-likeness (QED) is 0.728. The van der Waals surface area contributed by atoms with Gasteiger partial charge in [0, 0.05) is 12.3 Å². The van der Waals surface area contributed by atoms with Gasteiger partial charge in [-0.15, -0.1) is 0 Å². The van der Waals surface area contributed by atoms with Crippen molar-refractivity contribution >= 4 is 11.7 Å². The summed E-state index contributed by atoms with van der Waals surface area (Å²) in [5, 5.41) is 39.1. The summed E-state index contributed by atoms with van der Waals surface area (Å²) in [6.07, 6.45) is 5.84. The Morgan fingerprint density at radius 3 is 2.40 bits per heavy atom. The molecule has 3 aliphatic carbocycles. The van der Waals surface area contributed by atoms with Gasteiger partial charge in [-0.2, -0.15) is 15.8 Å². The lowest BCUT2D eigenvalue weighted by Gasteiger charge is -2.58. The van der Waals surface area contributed by atoms with Gasteiger partial charge < -0.3 is 4.74 Å². The molecular formula is C19H20N4O2. The molecule has 1 aliphatic heterocycles. The van der Waals surface area contributed by atoms with Crippen LogP contribution in [0.1, 0.15) is 57.8 Å². The van der Waals surface area contributed by atoms with Crippen molar-refractivity contribution < 1.29 is 9.53 Å². The van der Waals surface area contributed by atoms with Gasteiger partial charge in [-0.25, -0.2) is 0 Å². The van der Waals surface area contributed by atoms with E-state index in [1.165, 1.54) is 0 Å². The molecule has 6 heteroatoms. The van der Waals surface area contributed by atoms with Gasteiger partial charge in [0.1, 0.15) is 11.4 Å². The minimum atomic E-state index is -1.79. The van der Waals surface area contributed by atoms with E-state index in [2.05, 4.69) is 18.2 Å². The average molecular weight is 336 g/mol. The summed E-state index contributed by atoms with van der Waals surface area (Å²) in [7, 11) is 0. The Kier molecular flexibility index (Phi) is 3.11. The molecule has 4 fully saturated rings. The number of rotatable bonds is 0. The van der Waals surface area contributed by atoms with E-state index in [-0.39, 0.29) is 17.6 Å². The third-order valence-corrected chi connectivity index (χ3v) is 7.44. The van der Waals surface area contributed by atoms with Gasteiger partial charge in [0.15, 0.2) is 5.41 Å². The molecule has 6 nitrogen and oxygen atoms in total. The monoisotopic (exact) mass is 336 g/mol. The van der Waals surface area contributed by atoms with Gasteiger partial charge in [-0.1, -0.05) is 12.8 Å². The van der Waals surface area contributed by atoms with Gasteiger partial charge in [0.25, 0.3) is 0 Å². The van der Waals surface area contributed by atoms with E-state index in [4.69, 9.17) is 10.1 Å². The zero-order chi connectivity index (χ0) is 17.9. The third kappa shape index (κ3) is 1.38. The molecule has 0 unspecified atom stereocenters. The predicted octanol–water partition coefficient (Wildman–Crippen LogP) is 3.00. The van der Waals surface area contributed by atoms with Crippen molar-refractivity contribution in [1.82, 2.24) is 0 Å². The van der Waals surface area contributed by atoms with Crippen molar-refractivity contribution in [3.05, 3.63) is 0 Å².